The van der Waals surface area contributed by atoms with E-state index in [1.807, 2.05) is 13.8 Å². The SMILES string of the molecule is CC(C)OCC(=O)N[C@@H]1CCNC1. The van der Waals surface area contributed by atoms with E-state index < -0.39 is 0 Å². The van der Waals surface area contributed by atoms with Crippen LogP contribution in [0.2, 0.25) is 0 Å². The predicted molar refractivity (Wildman–Crippen MR) is 50.5 cm³/mol. The molecule has 13 heavy (non-hydrogen) atoms. The van der Waals surface area contributed by atoms with E-state index in [1.165, 1.54) is 0 Å². The Hall–Kier alpha value is -0.610. The Kier molecular flexibility index (Phi) is 4.18. The second kappa shape index (κ2) is 5.19. The minimum Gasteiger partial charge on any atom is -0.369 e. The molecule has 4 heteroatoms. The van der Waals surface area contributed by atoms with Crippen molar-refractivity contribution >= 4 is 5.91 Å². The molecule has 0 aromatic heterocycles. The van der Waals surface area contributed by atoms with Crippen LogP contribution in [-0.4, -0.2) is 37.7 Å². The summed E-state index contributed by atoms with van der Waals surface area (Å²) in [5.41, 5.74) is 0. The van der Waals surface area contributed by atoms with Crippen molar-refractivity contribution in [2.24, 2.45) is 0 Å². The molecule has 0 bridgehead atoms. The molecule has 1 aliphatic rings. The first-order chi connectivity index (χ1) is 6.18. The van der Waals surface area contributed by atoms with Crippen LogP contribution >= 0.6 is 0 Å². The molecular weight excluding hydrogens is 168 g/mol. The zero-order chi connectivity index (χ0) is 9.68. The van der Waals surface area contributed by atoms with Gasteiger partial charge in [-0.3, -0.25) is 4.79 Å². The van der Waals surface area contributed by atoms with Crippen LogP contribution in [0.4, 0.5) is 0 Å². The molecule has 1 amide bonds. The van der Waals surface area contributed by atoms with Gasteiger partial charge >= 0.3 is 0 Å². The number of nitrogens with one attached hydrogen (secondary N) is 2. The molecule has 2 N–H and O–H groups in total. The third-order valence-corrected chi connectivity index (χ3v) is 1.97. The molecule has 1 aliphatic heterocycles. The lowest BCUT2D eigenvalue weighted by Gasteiger charge is -2.12. The molecule has 76 valence electrons. The first kappa shape index (κ1) is 10.5. The third-order valence-electron chi connectivity index (χ3n) is 1.97. The molecule has 0 aromatic rings. The van der Waals surface area contributed by atoms with Gasteiger partial charge < -0.3 is 15.4 Å². The van der Waals surface area contributed by atoms with Crippen molar-refractivity contribution in [1.29, 1.82) is 0 Å². The summed E-state index contributed by atoms with van der Waals surface area (Å²) in [7, 11) is 0. The summed E-state index contributed by atoms with van der Waals surface area (Å²) in [6.45, 7) is 5.90. The van der Waals surface area contributed by atoms with Gasteiger partial charge in [0.25, 0.3) is 0 Å². The average Bonchev–Trinajstić information content (AvgIpc) is 2.53. The summed E-state index contributed by atoms with van der Waals surface area (Å²) < 4.78 is 5.18. The lowest BCUT2D eigenvalue weighted by atomic mass is 10.2. The van der Waals surface area contributed by atoms with Crippen molar-refractivity contribution in [2.45, 2.75) is 32.4 Å². The maximum Gasteiger partial charge on any atom is 0.246 e. The Morgan fingerprint density at radius 3 is 3.00 bits per heavy atom. The van der Waals surface area contributed by atoms with Crippen LogP contribution in [0.5, 0.6) is 0 Å². The predicted octanol–water partition coefficient (Wildman–Crippen LogP) is -0.110. The number of carbonyl (C=O) groups excluding carboxylic acids is 1. The van der Waals surface area contributed by atoms with E-state index in [-0.39, 0.29) is 18.6 Å². The summed E-state index contributed by atoms with van der Waals surface area (Å²) >= 11 is 0. The normalized spacial score (nSPS) is 22.2. The van der Waals surface area contributed by atoms with Crippen LogP contribution < -0.4 is 10.6 Å². The van der Waals surface area contributed by atoms with Crippen LogP contribution in [0.25, 0.3) is 0 Å². The van der Waals surface area contributed by atoms with Crippen molar-refractivity contribution in [3.05, 3.63) is 0 Å². The minimum atomic E-state index is -0.0117. The van der Waals surface area contributed by atoms with E-state index >= 15 is 0 Å². The highest BCUT2D eigenvalue weighted by Crippen LogP contribution is 1.96. The van der Waals surface area contributed by atoms with Crippen LogP contribution in [-0.2, 0) is 9.53 Å². The monoisotopic (exact) mass is 186 g/mol. The van der Waals surface area contributed by atoms with Gasteiger partial charge in [-0.2, -0.15) is 0 Å². The summed E-state index contributed by atoms with van der Waals surface area (Å²) in [6, 6.07) is 0.295. The zero-order valence-electron chi connectivity index (χ0n) is 8.30. The average molecular weight is 186 g/mol. The van der Waals surface area contributed by atoms with Gasteiger partial charge in [0.1, 0.15) is 6.61 Å². The zero-order valence-corrected chi connectivity index (χ0v) is 8.30. The fourth-order valence-corrected chi connectivity index (χ4v) is 1.29. The maximum absolute atomic E-state index is 11.2. The van der Waals surface area contributed by atoms with Gasteiger partial charge in [-0.15, -0.1) is 0 Å². The number of rotatable bonds is 4. The fourth-order valence-electron chi connectivity index (χ4n) is 1.29. The summed E-state index contributed by atoms with van der Waals surface area (Å²) in [5, 5.41) is 6.09. The van der Waals surface area contributed by atoms with E-state index in [1.54, 1.807) is 0 Å². The molecule has 1 atom stereocenters. The minimum absolute atomic E-state index is 0.0117. The molecule has 0 aromatic carbocycles. The molecular formula is C9H18N2O2. The van der Waals surface area contributed by atoms with Gasteiger partial charge in [0.15, 0.2) is 0 Å². The smallest absolute Gasteiger partial charge is 0.246 e. The van der Waals surface area contributed by atoms with Gasteiger partial charge in [0.05, 0.1) is 6.10 Å². The fraction of sp³-hybridized carbons (Fsp3) is 0.889. The van der Waals surface area contributed by atoms with E-state index in [0.29, 0.717) is 6.04 Å². The Bertz CT molecular complexity index is 165. The van der Waals surface area contributed by atoms with Crippen molar-refractivity contribution < 1.29 is 9.53 Å². The molecule has 0 unspecified atom stereocenters. The molecule has 0 aliphatic carbocycles. The second-order valence-electron chi connectivity index (χ2n) is 3.62. The topological polar surface area (TPSA) is 50.4 Å². The molecule has 1 rings (SSSR count). The molecule has 4 nitrogen and oxygen atoms in total. The lowest BCUT2D eigenvalue weighted by molar-refractivity contribution is -0.127. The van der Waals surface area contributed by atoms with Gasteiger partial charge in [-0.1, -0.05) is 0 Å². The van der Waals surface area contributed by atoms with Crippen molar-refractivity contribution in [3.63, 3.8) is 0 Å². The maximum atomic E-state index is 11.2. The van der Waals surface area contributed by atoms with Gasteiger partial charge in [0.2, 0.25) is 5.91 Å². The van der Waals surface area contributed by atoms with Crippen molar-refractivity contribution in [3.8, 4) is 0 Å². The number of hydrogen-bond acceptors (Lipinski definition) is 3. The highest BCUT2D eigenvalue weighted by Gasteiger charge is 2.16. The van der Waals surface area contributed by atoms with Crippen LogP contribution in [0.1, 0.15) is 20.3 Å². The van der Waals surface area contributed by atoms with E-state index in [2.05, 4.69) is 10.6 Å². The standard InChI is InChI=1S/C9H18N2O2/c1-7(2)13-6-9(12)11-8-3-4-10-5-8/h7-8,10H,3-6H2,1-2H3,(H,11,12)/t8-/m1/s1. The lowest BCUT2D eigenvalue weighted by Crippen LogP contribution is -2.38. The Balaban J connectivity index is 2.09. The second-order valence-corrected chi connectivity index (χ2v) is 3.62. The molecule has 0 spiro atoms. The number of ether oxygens (including phenoxy) is 1. The van der Waals surface area contributed by atoms with Crippen molar-refractivity contribution in [1.82, 2.24) is 10.6 Å². The summed E-state index contributed by atoms with van der Waals surface area (Å²) in [4.78, 5) is 11.2. The number of carbonyl (C=O) groups is 1. The molecule has 0 saturated carbocycles. The van der Waals surface area contributed by atoms with Crippen LogP contribution in [0.3, 0.4) is 0 Å². The summed E-state index contributed by atoms with van der Waals surface area (Å²) in [5.74, 6) is -0.0117. The first-order valence-corrected chi connectivity index (χ1v) is 4.80. The van der Waals surface area contributed by atoms with Crippen LogP contribution in [0, 0.1) is 0 Å². The number of hydrogen-bond donors (Lipinski definition) is 2. The van der Waals surface area contributed by atoms with E-state index in [4.69, 9.17) is 4.74 Å². The Labute approximate surface area is 79.0 Å². The van der Waals surface area contributed by atoms with Gasteiger partial charge in [-0.25, -0.2) is 0 Å². The molecule has 1 fully saturated rings. The Morgan fingerprint density at radius 1 is 1.69 bits per heavy atom. The van der Waals surface area contributed by atoms with Crippen molar-refractivity contribution in [2.75, 3.05) is 19.7 Å². The molecule has 0 radical (unpaired) electrons. The highest BCUT2D eigenvalue weighted by atomic mass is 16.5. The Morgan fingerprint density at radius 2 is 2.46 bits per heavy atom. The summed E-state index contributed by atoms with van der Waals surface area (Å²) in [6.07, 6.45) is 1.14. The third kappa shape index (κ3) is 4.24. The highest BCUT2D eigenvalue weighted by molar-refractivity contribution is 5.77. The van der Waals surface area contributed by atoms with E-state index in [9.17, 15) is 4.79 Å². The largest absolute Gasteiger partial charge is 0.369 e. The number of amides is 1. The first-order valence-electron chi connectivity index (χ1n) is 4.80. The van der Waals surface area contributed by atoms with E-state index in [0.717, 1.165) is 19.5 Å². The van der Waals surface area contributed by atoms with Gasteiger partial charge in [0, 0.05) is 12.6 Å². The molecule has 1 heterocycles. The molecule has 1 saturated heterocycles. The van der Waals surface area contributed by atoms with Gasteiger partial charge in [-0.05, 0) is 26.8 Å². The van der Waals surface area contributed by atoms with Crippen LogP contribution in [0.15, 0.2) is 0 Å². The quantitative estimate of drug-likeness (QED) is 0.644.